The second kappa shape index (κ2) is 43.5. The third-order valence-corrected chi connectivity index (χ3v) is 11.5. The van der Waals surface area contributed by atoms with Gasteiger partial charge in [-0.3, -0.25) is 19.2 Å². The monoisotopic (exact) mass is 934 g/mol. The Morgan fingerprint density at radius 2 is 1.00 bits per heavy atom. The fourth-order valence-corrected chi connectivity index (χ4v) is 7.79. The Hall–Kier alpha value is -3.82. The largest absolute Gasteiger partial charge is 0.465 e. The number of ether oxygens (including phenoxy) is 2. The standard InChI is InChI=1S/C58H99N3O6/c1-9-12-15-18-21-24-25-26-27-28-29-30-31-32-35-38-44-53(62)61(50-43-49-60(7)8)58(56(65)59-57(4,5)6,47-41-45-54(63)66-51-39-36-33-22-19-16-13-10-2)48-42-46-55(64)67-52-40-37-34-23-20-17-14-11-3/h12,15,21,24,26-27H,9-11,13-14,16-20,22-23,25,28-32,35,38-52H2,1-8H3,(H,59,65)/b15-12-,24-21-,27-26-. The van der Waals surface area contributed by atoms with Gasteiger partial charge in [0.25, 0.3) is 0 Å². The van der Waals surface area contributed by atoms with Gasteiger partial charge in [0.15, 0.2) is 0 Å². The first-order valence-electron chi connectivity index (χ1n) is 26.8. The Balaban J connectivity index is 5.99. The highest BCUT2D eigenvalue weighted by Crippen LogP contribution is 2.32. The topological polar surface area (TPSA) is 105 Å². The summed E-state index contributed by atoms with van der Waals surface area (Å²) < 4.78 is 11.1. The van der Waals surface area contributed by atoms with Crippen molar-refractivity contribution >= 4 is 23.8 Å². The highest BCUT2D eigenvalue weighted by atomic mass is 16.5. The zero-order chi connectivity index (χ0) is 49.7. The molecule has 0 spiro atoms. The van der Waals surface area contributed by atoms with Crippen LogP contribution in [0.4, 0.5) is 0 Å². The summed E-state index contributed by atoms with van der Waals surface area (Å²) in [6, 6.07) is 0. The summed E-state index contributed by atoms with van der Waals surface area (Å²) in [4.78, 5) is 59.4. The summed E-state index contributed by atoms with van der Waals surface area (Å²) in [6.45, 7) is 13.9. The lowest BCUT2D eigenvalue weighted by Crippen LogP contribution is -2.63. The summed E-state index contributed by atoms with van der Waals surface area (Å²) in [5.41, 5.74) is -1.86. The van der Waals surface area contributed by atoms with Gasteiger partial charge in [0, 0.05) is 57.0 Å². The minimum atomic E-state index is -1.28. The molecule has 0 bridgehead atoms. The zero-order valence-corrected chi connectivity index (χ0v) is 44.3. The summed E-state index contributed by atoms with van der Waals surface area (Å²) in [7, 11) is 4.01. The van der Waals surface area contributed by atoms with Crippen LogP contribution in [0.25, 0.3) is 0 Å². The van der Waals surface area contributed by atoms with Crippen LogP contribution in [0.5, 0.6) is 0 Å². The number of allylic oxidation sites excluding steroid dienone is 6. The molecule has 0 aromatic heterocycles. The van der Waals surface area contributed by atoms with Gasteiger partial charge in [-0.2, -0.15) is 0 Å². The molecule has 2 amide bonds. The van der Waals surface area contributed by atoms with Gasteiger partial charge in [0.2, 0.25) is 11.8 Å². The van der Waals surface area contributed by atoms with Crippen molar-refractivity contribution in [2.45, 2.75) is 245 Å². The Kier molecular flexibility index (Phi) is 41.0. The molecule has 0 rings (SSSR count). The van der Waals surface area contributed by atoms with Gasteiger partial charge in [0.05, 0.1) is 0 Å². The maximum Gasteiger partial charge on any atom is 0.305 e. The van der Waals surface area contributed by atoms with Crippen LogP contribution in [-0.4, -0.2) is 85.0 Å². The van der Waals surface area contributed by atoms with E-state index in [0.29, 0.717) is 45.1 Å². The molecule has 0 saturated heterocycles. The SMILES string of the molecule is CC/C=C\C/C=C\C/C=C\CCCCCCCCC(=O)N(CCCN(C)C)C(CCCC(=O)OCCC#CCCCCCC)(CCCC(=O)OCCC#CCCCCCC)C(=O)NC(C)(C)C. The fourth-order valence-electron chi connectivity index (χ4n) is 7.79. The third kappa shape index (κ3) is 37.8. The van der Waals surface area contributed by atoms with Crippen LogP contribution < -0.4 is 5.32 Å². The lowest BCUT2D eigenvalue weighted by atomic mass is 9.82. The minimum absolute atomic E-state index is 0.0601. The van der Waals surface area contributed by atoms with Crippen LogP contribution >= 0.6 is 0 Å². The number of amides is 2. The van der Waals surface area contributed by atoms with Crippen LogP contribution in [0, 0.1) is 23.7 Å². The van der Waals surface area contributed by atoms with Crippen LogP contribution in [0.2, 0.25) is 0 Å². The number of hydrogen-bond donors (Lipinski definition) is 1. The van der Waals surface area contributed by atoms with Gasteiger partial charge in [-0.1, -0.05) is 133 Å². The molecule has 0 aliphatic carbocycles. The lowest BCUT2D eigenvalue weighted by molar-refractivity contribution is -0.151. The zero-order valence-electron chi connectivity index (χ0n) is 44.3. The summed E-state index contributed by atoms with van der Waals surface area (Å²) in [5.74, 6) is 11.6. The predicted molar refractivity (Wildman–Crippen MR) is 281 cm³/mol. The molecule has 0 aliphatic heterocycles. The first-order chi connectivity index (χ1) is 32.3. The van der Waals surface area contributed by atoms with E-state index < -0.39 is 11.1 Å². The maximum absolute atomic E-state index is 14.8. The van der Waals surface area contributed by atoms with Gasteiger partial charge in [0.1, 0.15) is 18.8 Å². The first-order valence-corrected chi connectivity index (χ1v) is 26.8. The van der Waals surface area contributed by atoms with Crippen molar-refractivity contribution in [2.24, 2.45) is 0 Å². The van der Waals surface area contributed by atoms with E-state index in [1.807, 2.05) is 39.8 Å². The molecular formula is C58H99N3O6. The molecule has 0 unspecified atom stereocenters. The number of esters is 2. The maximum atomic E-state index is 14.8. The molecular weight excluding hydrogens is 835 g/mol. The number of rotatable bonds is 40. The predicted octanol–water partition coefficient (Wildman–Crippen LogP) is 13.6. The molecule has 1 N–H and O–H groups in total. The molecule has 0 aromatic carbocycles. The average Bonchev–Trinajstić information content (AvgIpc) is 3.28. The van der Waals surface area contributed by atoms with E-state index in [-0.39, 0.29) is 62.7 Å². The molecule has 9 heteroatoms. The highest BCUT2D eigenvalue weighted by molar-refractivity contribution is 5.92. The molecule has 67 heavy (non-hydrogen) atoms. The van der Waals surface area contributed by atoms with Crippen LogP contribution in [0.1, 0.15) is 234 Å². The Labute approximate surface area is 411 Å². The van der Waals surface area contributed by atoms with Gasteiger partial charge < -0.3 is 24.6 Å². The number of unbranched alkanes of at least 4 members (excludes halogenated alkanes) is 14. The van der Waals surface area contributed by atoms with Gasteiger partial charge in [-0.15, -0.1) is 11.8 Å². The van der Waals surface area contributed by atoms with E-state index in [4.69, 9.17) is 9.47 Å². The van der Waals surface area contributed by atoms with Crippen molar-refractivity contribution in [3.63, 3.8) is 0 Å². The van der Waals surface area contributed by atoms with Crippen molar-refractivity contribution < 1.29 is 28.7 Å². The third-order valence-electron chi connectivity index (χ3n) is 11.5. The molecule has 9 nitrogen and oxygen atoms in total. The minimum Gasteiger partial charge on any atom is -0.465 e. The van der Waals surface area contributed by atoms with Gasteiger partial charge in [-0.25, -0.2) is 0 Å². The number of nitrogens with one attached hydrogen (secondary N) is 1. The fraction of sp³-hybridized carbons (Fsp3) is 0.759. The van der Waals surface area contributed by atoms with Crippen LogP contribution in [0.3, 0.4) is 0 Å². The van der Waals surface area contributed by atoms with Crippen molar-refractivity contribution in [3.8, 4) is 23.7 Å². The molecule has 0 saturated carbocycles. The van der Waals surface area contributed by atoms with Crippen LogP contribution in [-0.2, 0) is 28.7 Å². The molecule has 0 atom stereocenters. The van der Waals surface area contributed by atoms with Crippen molar-refractivity contribution in [2.75, 3.05) is 40.4 Å². The number of nitrogens with zero attached hydrogens (tertiary/aromatic N) is 2. The molecule has 0 fully saturated rings. The second-order valence-corrected chi connectivity index (χ2v) is 19.4. The van der Waals surface area contributed by atoms with Gasteiger partial charge in [-0.05, 0) is 125 Å². The number of carbonyl (C=O) groups is 4. The highest BCUT2D eigenvalue weighted by Gasteiger charge is 2.46. The number of carbonyl (C=O) groups excluding carboxylic acids is 4. The summed E-state index contributed by atoms with van der Waals surface area (Å²) >= 11 is 0. The molecule has 0 radical (unpaired) electrons. The summed E-state index contributed by atoms with van der Waals surface area (Å²) in [5, 5.41) is 3.22. The smallest absolute Gasteiger partial charge is 0.305 e. The van der Waals surface area contributed by atoms with Crippen LogP contribution in [0.15, 0.2) is 36.5 Å². The quantitative estimate of drug-likeness (QED) is 0.0282. The first kappa shape index (κ1) is 63.2. The van der Waals surface area contributed by atoms with E-state index in [1.54, 1.807) is 0 Å². The average molecular weight is 934 g/mol. The van der Waals surface area contributed by atoms with Crippen molar-refractivity contribution in [1.29, 1.82) is 0 Å². The van der Waals surface area contributed by atoms with Crippen molar-refractivity contribution in [3.05, 3.63) is 36.5 Å². The van der Waals surface area contributed by atoms with Gasteiger partial charge >= 0.3 is 11.9 Å². The van der Waals surface area contributed by atoms with E-state index in [9.17, 15) is 19.2 Å². The Bertz CT molecular complexity index is 1450. The summed E-state index contributed by atoms with van der Waals surface area (Å²) in [6.07, 6.45) is 38.2. The normalized spacial score (nSPS) is 11.8. The number of hydrogen-bond acceptors (Lipinski definition) is 7. The van der Waals surface area contributed by atoms with E-state index in [0.717, 1.165) is 96.4 Å². The van der Waals surface area contributed by atoms with E-state index in [1.165, 1.54) is 38.5 Å². The Morgan fingerprint density at radius 3 is 1.51 bits per heavy atom. The molecule has 0 aromatic rings. The molecule has 382 valence electrons. The Morgan fingerprint density at radius 1 is 0.522 bits per heavy atom. The second-order valence-electron chi connectivity index (χ2n) is 19.4. The lowest BCUT2D eigenvalue weighted by Gasteiger charge is -2.45. The van der Waals surface area contributed by atoms with E-state index in [2.05, 4.69) is 91.1 Å². The molecule has 0 heterocycles. The van der Waals surface area contributed by atoms with E-state index >= 15 is 0 Å². The molecule has 0 aliphatic rings. The van der Waals surface area contributed by atoms with Crippen molar-refractivity contribution in [1.82, 2.24) is 15.1 Å².